The number of amides is 1. The van der Waals surface area contributed by atoms with Gasteiger partial charge in [-0.2, -0.15) is 0 Å². The molecule has 166 valence electrons. The Bertz CT molecular complexity index is 1140. The van der Waals surface area contributed by atoms with Crippen LogP contribution in [0, 0.1) is 5.82 Å². The van der Waals surface area contributed by atoms with Crippen molar-refractivity contribution in [2.75, 3.05) is 18.1 Å². The Morgan fingerprint density at radius 3 is 2.58 bits per heavy atom. The molecular formula is C17H15F4N5O4S. The molecule has 1 aromatic heterocycles. The SMILES string of the molecule is CN1C(N)=N[C@H](c2cc(NC(=O)c3ccc(OC(F)(F)F)cn3)ccc2F)CS1(=O)=O. The third-order valence-electron chi connectivity index (χ3n) is 4.21. The number of carbonyl (C=O) groups excluding carboxylic acids is 1. The van der Waals surface area contributed by atoms with Crippen molar-refractivity contribution in [3.05, 3.63) is 53.6 Å². The fourth-order valence-corrected chi connectivity index (χ4v) is 3.88. The van der Waals surface area contributed by atoms with Gasteiger partial charge in [-0.15, -0.1) is 13.2 Å². The van der Waals surface area contributed by atoms with Gasteiger partial charge >= 0.3 is 6.36 Å². The van der Waals surface area contributed by atoms with Gasteiger partial charge in [-0.3, -0.25) is 4.79 Å². The first kappa shape index (κ1) is 22.3. The molecule has 1 aliphatic rings. The van der Waals surface area contributed by atoms with Crippen LogP contribution in [0.2, 0.25) is 0 Å². The van der Waals surface area contributed by atoms with Gasteiger partial charge in [0.25, 0.3) is 5.91 Å². The first-order valence-electron chi connectivity index (χ1n) is 8.48. The molecule has 0 aliphatic carbocycles. The van der Waals surface area contributed by atoms with E-state index in [4.69, 9.17) is 5.73 Å². The molecule has 1 amide bonds. The molecule has 2 heterocycles. The summed E-state index contributed by atoms with van der Waals surface area (Å²) in [6.07, 6.45) is -4.18. The molecule has 14 heteroatoms. The maximum atomic E-state index is 14.3. The van der Waals surface area contributed by atoms with E-state index in [1.807, 2.05) is 0 Å². The fraction of sp³-hybridized carbons (Fsp3) is 0.235. The minimum atomic E-state index is -4.90. The number of pyridine rings is 1. The zero-order chi connectivity index (χ0) is 23.0. The van der Waals surface area contributed by atoms with Gasteiger partial charge in [-0.25, -0.2) is 27.1 Å². The van der Waals surface area contributed by atoms with E-state index in [-0.39, 0.29) is 22.9 Å². The number of alkyl halides is 3. The second-order valence-electron chi connectivity index (χ2n) is 6.37. The number of halogens is 4. The minimum Gasteiger partial charge on any atom is -0.404 e. The number of benzene rings is 1. The summed E-state index contributed by atoms with van der Waals surface area (Å²) in [7, 11) is -2.58. The van der Waals surface area contributed by atoms with Crippen molar-refractivity contribution in [3.8, 4) is 5.75 Å². The standard InChI is InChI=1S/C17H15F4N5O4S/c1-26-16(22)25-14(8-31(26,28)29)11-6-9(2-4-12(11)18)24-15(27)13-5-3-10(7-23-13)30-17(19,20)21/h2-7,14H,8H2,1H3,(H2,22,25)(H,24,27)/t14-/m0/s1. The summed E-state index contributed by atoms with van der Waals surface area (Å²) in [6, 6.07) is 4.21. The van der Waals surface area contributed by atoms with Crippen LogP contribution in [0.15, 0.2) is 41.5 Å². The van der Waals surface area contributed by atoms with E-state index >= 15 is 0 Å². The molecule has 0 saturated carbocycles. The zero-order valence-electron chi connectivity index (χ0n) is 15.7. The van der Waals surface area contributed by atoms with Gasteiger partial charge < -0.3 is 15.8 Å². The van der Waals surface area contributed by atoms with Crippen molar-refractivity contribution >= 4 is 27.6 Å². The Hall–Kier alpha value is -3.42. The Morgan fingerprint density at radius 2 is 2.00 bits per heavy atom. The van der Waals surface area contributed by atoms with Crippen molar-refractivity contribution < 1.29 is 35.5 Å². The van der Waals surface area contributed by atoms with Crippen LogP contribution >= 0.6 is 0 Å². The number of ether oxygens (including phenoxy) is 1. The predicted molar refractivity (Wildman–Crippen MR) is 101 cm³/mol. The van der Waals surface area contributed by atoms with Gasteiger partial charge in [-0.05, 0) is 30.3 Å². The first-order chi connectivity index (χ1) is 14.4. The quantitative estimate of drug-likeness (QED) is 0.671. The van der Waals surface area contributed by atoms with Gasteiger partial charge in [0.2, 0.25) is 16.0 Å². The molecule has 0 bridgehead atoms. The molecular weight excluding hydrogens is 446 g/mol. The van der Waals surface area contributed by atoms with Crippen LogP contribution in [0.1, 0.15) is 22.1 Å². The average Bonchev–Trinajstić information content (AvgIpc) is 2.66. The fourth-order valence-electron chi connectivity index (χ4n) is 2.67. The largest absolute Gasteiger partial charge is 0.573 e. The number of aliphatic imine (C=N–C) groups is 1. The van der Waals surface area contributed by atoms with Crippen LogP contribution in [0.25, 0.3) is 0 Å². The number of rotatable bonds is 4. The van der Waals surface area contributed by atoms with E-state index in [0.717, 1.165) is 28.7 Å². The Morgan fingerprint density at radius 1 is 1.29 bits per heavy atom. The summed E-state index contributed by atoms with van der Waals surface area (Å²) in [5.41, 5.74) is 5.34. The Kier molecular flexibility index (Phi) is 5.76. The van der Waals surface area contributed by atoms with Crippen molar-refractivity contribution in [1.82, 2.24) is 9.29 Å². The number of aromatic nitrogens is 1. The molecule has 1 atom stereocenters. The van der Waals surface area contributed by atoms with Crippen LogP contribution in [-0.4, -0.2) is 48.7 Å². The minimum absolute atomic E-state index is 0.0870. The summed E-state index contributed by atoms with van der Waals surface area (Å²) in [5, 5.41) is 2.40. The molecule has 0 fully saturated rings. The number of nitrogens with one attached hydrogen (secondary N) is 1. The maximum Gasteiger partial charge on any atom is 0.573 e. The highest BCUT2D eigenvalue weighted by molar-refractivity contribution is 7.89. The molecule has 3 rings (SSSR count). The highest BCUT2D eigenvalue weighted by Crippen LogP contribution is 2.29. The molecule has 0 radical (unpaired) electrons. The average molecular weight is 461 g/mol. The third kappa shape index (κ3) is 5.20. The second-order valence-corrected chi connectivity index (χ2v) is 8.41. The van der Waals surface area contributed by atoms with Crippen molar-refractivity contribution in [3.63, 3.8) is 0 Å². The number of guanidine groups is 1. The first-order valence-corrected chi connectivity index (χ1v) is 10.1. The van der Waals surface area contributed by atoms with Crippen LogP contribution in [0.3, 0.4) is 0 Å². The van der Waals surface area contributed by atoms with Gasteiger partial charge in [0.1, 0.15) is 17.3 Å². The summed E-state index contributed by atoms with van der Waals surface area (Å²) in [4.78, 5) is 19.9. The normalized spacial score (nSPS) is 18.3. The summed E-state index contributed by atoms with van der Waals surface area (Å²) < 4.78 is 79.6. The van der Waals surface area contributed by atoms with Gasteiger partial charge in [-0.1, -0.05) is 0 Å². The van der Waals surface area contributed by atoms with E-state index < -0.39 is 45.7 Å². The molecule has 9 nitrogen and oxygen atoms in total. The maximum absolute atomic E-state index is 14.3. The molecule has 1 aromatic carbocycles. The lowest BCUT2D eigenvalue weighted by atomic mass is 10.1. The second kappa shape index (κ2) is 8.02. The lowest BCUT2D eigenvalue weighted by Crippen LogP contribution is -2.45. The third-order valence-corrected chi connectivity index (χ3v) is 5.97. The van der Waals surface area contributed by atoms with E-state index in [2.05, 4.69) is 20.0 Å². The van der Waals surface area contributed by atoms with Crippen LogP contribution < -0.4 is 15.8 Å². The summed E-state index contributed by atoms with van der Waals surface area (Å²) in [6.45, 7) is 0. The van der Waals surface area contributed by atoms with Crippen molar-refractivity contribution in [1.29, 1.82) is 0 Å². The summed E-state index contributed by atoms with van der Waals surface area (Å²) >= 11 is 0. The monoisotopic (exact) mass is 461 g/mol. The van der Waals surface area contributed by atoms with Crippen LogP contribution in [0.4, 0.5) is 23.2 Å². The number of nitrogens with zero attached hydrogens (tertiary/aromatic N) is 3. The number of carbonyl (C=O) groups is 1. The lowest BCUT2D eigenvalue weighted by Gasteiger charge is -2.27. The number of hydrogen-bond donors (Lipinski definition) is 2. The molecule has 0 spiro atoms. The number of hydrogen-bond acceptors (Lipinski definition) is 7. The summed E-state index contributed by atoms with van der Waals surface area (Å²) in [5.74, 6) is -3.00. The molecule has 2 aromatic rings. The highest BCUT2D eigenvalue weighted by Gasteiger charge is 2.33. The molecule has 31 heavy (non-hydrogen) atoms. The van der Waals surface area contributed by atoms with Crippen LogP contribution in [-0.2, 0) is 10.0 Å². The highest BCUT2D eigenvalue weighted by atomic mass is 32.2. The number of sulfonamides is 1. The van der Waals surface area contributed by atoms with E-state index in [9.17, 15) is 30.8 Å². The zero-order valence-corrected chi connectivity index (χ0v) is 16.5. The Labute approximate surface area is 173 Å². The van der Waals surface area contributed by atoms with Crippen LogP contribution in [0.5, 0.6) is 5.75 Å². The lowest BCUT2D eigenvalue weighted by molar-refractivity contribution is -0.274. The van der Waals surface area contributed by atoms with Crippen molar-refractivity contribution in [2.45, 2.75) is 12.4 Å². The number of anilines is 1. The molecule has 0 unspecified atom stereocenters. The van der Waals surface area contributed by atoms with Gasteiger partial charge in [0, 0.05) is 18.3 Å². The Balaban J connectivity index is 1.80. The van der Waals surface area contributed by atoms with E-state index in [0.29, 0.717) is 0 Å². The van der Waals surface area contributed by atoms with Gasteiger partial charge in [0.15, 0.2) is 0 Å². The van der Waals surface area contributed by atoms with Crippen molar-refractivity contribution in [2.24, 2.45) is 10.7 Å². The predicted octanol–water partition coefficient (Wildman–Crippen LogP) is 2.00. The van der Waals surface area contributed by atoms with E-state index in [1.165, 1.54) is 19.2 Å². The molecule has 0 saturated heterocycles. The smallest absolute Gasteiger partial charge is 0.404 e. The molecule has 3 N–H and O–H groups in total. The molecule has 1 aliphatic heterocycles. The van der Waals surface area contributed by atoms with E-state index in [1.54, 1.807) is 0 Å². The number of nitrogens with two attached hydrogens (primary N) is 1. The topological polar surface area (TPSA) is 127 Å². The van der Waals surface area contributed by atoms with Gasteiger partial charge in [0.05, 0.1) is 18.0 Å².